The number of hydrogen-bond acceptors (Lipinski definition) is 3. The Morgan fingerprint density at radius 1 is 1.26 bits per heavy atom. The second-order valence-electron chi connectivity index (χ2n) is 4.18. The minimum absolute atomic E-state index is 0.366. The fourth-order valence-electron chi connectivity index (χ4n) is 1.84. The Balaban J connectivity index is 1.78. The zero-order valence-corrected chi connectivity index (χ0v) is 10.8. The average Bonchev–Trinajstić information content (AvgIpc) is 2.80. The molecule has 0 atom stereocenters. The van der Waals surface area contributed by atoms with Crippen LogP contribution in [0.5, 0.6) is 5.75 Å². The van der Waals surface area contributed by atoms with Gasteiger partial charge in [0.05, 0.1) is 10.7 Å². The van der Waals surface area contributed by atoms with E-state index in [-0.39, 0.29) is 0 Å². The highest BCUT2D eigenvalue weighted by Gasteiger charge is 2.05. The molecule has 1 aromatic carbocycles. The Hall–Kier alpha value is -2.20. The highest BCUT2D eigenvalue weighted by Crippen LogP contribution is 2.27. The Morgan fingerprint density at radius 2 is 2.16 bits per heavy atom. The standard InChI is InChI=1S/C14H12ClN3O/c15-12-7-10(16)4-5-13(12)19-9-11-8-18-6-2-1-3-14(18)17-11/h1-8H,9,16H2. The van der Waals surface area contributed by atoms with Gasteiger partial charge in [0.2, 0.25) is 0 Å². The van der Waals surface area contributed by atoms with Crippen molar-refractivity contribution in [2.45, 2.75) is 6.61 Å². The lowest BCUT2D eigenvalue weighted by Gasteiger charge is -2.06. The largest absolute Gasteiger partial charge is 0.486 e. The molecule has 5 heteroatoms. The van der Waals surface area contributed by atoms with E-state index in [0.29, 0.717) is 23.1 Å². The normalized spacial score (nSPS) is 10.8. The minimum Gasteiger partial charge on any atom is -0.486 e. The molecule has 3 aromatic rings. The predicted octanol–water partition coefficient (Wildman–Crippen LogP) is 3.15. The molecule has 2 aromatic heterocycles. The molecule has 0 spiro atoms. The Kier molecular flexibility index (Phi) is 3.01. The van der Waals surface area contributed by atoms with Crippen molar-refractivity contribution in [1.29, 1.82) is 0 Å². The van der Waals surface area contributed by atoms with Crippen LogP contribution in [0, 0.1) is 0 Å². The monoisotopic (exact) mass is 273 g/mol. The summed E-state index contributed by atoms with van der Waals surface area (Å²) in [4.78, 5) is 4.45. The first-order valence-electron chi connectivity index (χ1n) is 5.83. The molecule has 0 radical (unpaired) electrons. The first-order valence-corrected chi connectivity index (χ1v) is 6.20. The van der Waals surface area contributed by atoms with Crippen LogP contribution in [-0.4, -0.2) is 9.38 Å². The molecule has 0 saturated heterocycles. The summed E-state index contributed by atoms with van der Waals surface area (Å²) >= 11 is 6.04. The number of fused-ring (bicyclic) bond motifs is 1. The van der Waals surface area contributed by atoms with Gasteiger partial charge in [-0.1, -0.05) is 17.7 Å². The van der Waals surface area contributed by atoms with Crippen molar-refractivity contribution in [3.63, 3.8) is 0 Å². The summed E-state index contributed by atoms with van der Waals surface area (Å²) in [7, 11) is 0. The lowest BCUT2D eigenvalue weighted by molar-refractivity contribution is 0.302. The maximum Gasteiger partial charge on any atom is 0.138 e. The molecule has 0 unspecified atom stereocenters. The third-order valence-corrected chi connectivity index (χ3v) is 3.04. The molecule has 96 valence electrons. The molecule has 0 fully saturated rings. The second kappa shape index (κ2) is 4.82. The smallest absolute Gasteiger partial charge is 0.138 e. The van der Waals surface area contributed by atoms with Gasteiger partial charge < -0.3 is 14.9 Å². The zero-order valence-electron chi connectivity index (χ0n) is 10.1. The maximum absolute atomic E-state index is 6.04. The molecule has 0 aliphatic rings. The van der Waals surface area contributed by atoms with Crippen LogP contribution in [0.3, 0.4) is 0 Å². The summed E-state index contributed by atoms with van der Waals surface area (Å²) in [6.45, 7) is 0.366. The van der Waals surface area contributed by atoms with E-state index in [0.717, 1.165) is 11.3 Å². The van der Waals surface area contributed by atoms with E-state index in [4.69, 9.17) is 22.1 Å². The highest BCUT2D eigenvalue weighted by molar-refractivity contribution is 6.32. The molecule has 0 aliphatic heterocycles. The molecule has 4 nitrogen and oxygen atoms in total. The molecule has 0 saturated carbocycles. The predicted molar refractivity (Wildman–Crippen MR) is 75.4 cm³/mol. The van der Waals surface area contributed by atoms with Gasteiger partial charge in [0.25, 0.3) is 0 Å². The molecule has 2 N–H and O–H groups in total. The molecule has 3 rings (SSSR count). The van der Waals surface area contributed by atoms with Gasteiger partial charge in [-0.3, -0.25) is 0 Å². The summed E-state index contributed by atoms with van der Waals surface area (Å²) in [5.74, 6) is 0.605. The number of rotatable bonds is 3. The quantitative estimate of drug-likeness (QED) is 0.746. The number of benzene rings is 1. The van der Waals surface area contributed by atoms with E-state index in [1.807, 2.05) is 35.0 Å². The van der Waals surface area contributed by atoms with Crippen molar-refractivity contribution in [1.82, 2.24) is 9.38 Å². The van der Waals surface area contributed by atoms with Crippen LogP contribution < -0.4 is 10.5 Å². The fourth-order valence-corrected chi connectivity index (χ4v) is 2.09. The van der Waals surface area contributed by atoms with Crippen molar-refractivity contribution in [3.05, 3.63) is 59.5 Å². The van der Waals surface area contributed by atoms with Crippen molar-refractivity contribution in [2.24, 2.45) is 0 Å². The van der Waals surface area contributed by atoms with Crippen LogP contribution in [0.25, 0.3) is 5.65 Å². The summed E-state index contributed by atoms with van der Waals surface area (Å²) in [5.41, 5.74) is 7.99. The highest BCUT2D eigenvalue weighted by atomic mass is 35.5. The lowest BCUT2D eigenvalue weighted by atomic mass is 10.3. The molecule has 2 heterocycles. The van der Waals surface area contributed by atoms with Crippen molar-refractivity contribution in [3.8, 4) is 5.75 Å². The van der Waals surface area contributed by atoms with E-state index in [1.54, 1.807) is 18.2 Å². The third kappa shape index (κ3) is 2.48. The molecule has 0 bridgehead atoms. The van der Waals surface area contributed by atoms with E-state index in [2.05, 4.69) is 4.98 Å². The average molecular weight is 274 g/mol. The first-order chi connectivity index (χ1) is 9.22. The number of nitrogens with two attached hydrogens (primary N) is 1. The number of hydrogen-bond donors (Lipinski definition) is 1. The van der Waals surface area contributed by atoms with Gasteiger partial charge in [-0.05, 0) is 30.3 Å². The number of aromatic nitrogens is 2. The summed E-state index contributed by atoms with van der Waals surface area (Å²) in [6.07, 6.45) is 3.88. The molecular formula is C14H12ClN3O. The summed E-state index contributed by atoms with van der Waals surface area (Å²) in [6, 6.07) is 11.0. The van der Waals surface area contributed by atoms with E-state index < -0.39 is 0 Å². The third-order valence-electron chi connectivity index (χ3n) is 2.75. The van der Waals surface area contributed by atoms with Gasteiger partial charge in [0.15, 0.2) is 0 Å². The van der Waals surface area contributed by atoms with Crippen molar-refractivity contribution in [2.75, 3.05) is 5.73 Å². The van der Waals surface area contributed by atoms with Gasteiger partial charge in [-0.25, -0.2) is 4.98 Å². The number of anilines is 1. The van der Waals surface area contributed by atoms with Gasteiger partial charge in [-0.15, -0.1) is 0 Å². The molecule has 19 heavy (non-hydrogen) atoms. The van der Waals surface area contributed by atoms with Crippen LogP contribution in [0.15, 0.2) is 48.8 Å². The SMILES string of the molecule is Nc1ccc(OCc2cn3ccccc3n2)c(Cl)c1. The summed E-state index contributed by atoms with van der Waals surface area (Å²) in [5, 5.41) is 0.503. The number of imidazole rings is 1. The lowest BCUT2D eigenvalue weighted by Crippen LogP contribution is -1.96. The number of pyridine rings is 1. The second-order valence-corrected chi connectivity index (χ2v) is 4.58. The maximum atomic E-state index is 6.04. The number of nitrogen functional groups attached to an aromatic ring is 1. The number of halogens is 1. The minimum atomic E-state index is 0.366. The van der Waals surface area contributed by atoms with Crippen LogP contribution in [0.2, 0.25) is 5.02 Å². The fraction of sp³-hybridized carbons (Fsp3) is 0.0714. The molecular weight excluding hydrogens is 262 g/mol. The van der Waals surface area contributed by atoms with E-state index in [9.17, 15) is 0 Å². The van der Waals surface area contributed by atoms with Crippen molar-refractivity contribution < 1.29 is 4.74 Å². The van der Waals surface area contributed by atoms with Crippen molar-refractivity contribution >= 4 is 22.9 Å². The zero-order chi connectivity index (χ0) is 13.2. The Morgan fingerprint density at radius 3 is 2.95 bits per heavy atom. The number of ether oxygens (including phenoxy) is 1. The van der Waals surface area contributed by atoms with Crippen LogP contribution in [0.4, 0.5) is 5.69 Å². The number of nitrogens with zero attached hydrogens (tertiary/aromatic N) is 2. The van der Waals surface area contributed by atoms with Crippen LogP contribution in [-0.2, 0) is 6.61 Å². The topological polar surface area (TPSA) is 52.5 Å². The Labute approximate surface area is 115 Å². The van der Waals surface area contributed by atoms with Gasteiger partial charge in [-0.2, -0.15) is 0 Å². The van der Waals surface area contributed by atoms with Gasteiger partial charge in [0, 0.05) is 18.1 Å². The van der Waals surface area contributed by atoms with Crippen LogP contribution >= 0.6 is 11.6 Å². The van der Waals surface area contributed by atoms with E-state index >= 15 is 0 Å². The van der Waals surface area contributed by atoms with E-state index in [1.165, 1.54) is 0 Å². The molecule has 0 aliphatic carbocycles. The first kappa shape index (κ1) is 11.9. The van der Waals surface area contributed by atoms with Gasteiger partial charge >= 0.3 is 0 Å². The van der Waals surface area contributed by atoms with Gasteiger partial charge in [0.1, 0.15) is 18.0 Å². The van der Waals surface area contributed by atoms with Crippen LogP contribution in [0.1, 0.15) is 5.69 Å². The molecule has 0 amide bonds. The Bertz CT molecular complexity index is 691. The summed E-state index contributed by atoms with van der Waals surface area (Å²) < 4.78 is 7.59.